The molecule has 74 valence electrons. The van der Waals surface area contributed by atoms with E-state index in [1.807, 2.05) is 23.6 Å². The predicted octanol–water partition coefficient (Wildman–Crippen LogP) is 2.79. The second kappa shape index (κ2) is 3.36. The van der Waals surface area contributed by atoms with Crippen LogP contribution in [0.2, 0.25) is 0 Å². The summed E-state index contributed by atoms with van der Waals surface area (Å²) in [4.78, 5) is 5.46. The van der Waals surface area contributed by atoms with Crippen molar-refractivity contribution in [2.24, 2.45) is 0 Å². The van der Waals surface area contributed by atoms with Crippen LogP contribution in [0.1, 0.15) is 0 Å². The van der Waals surface area contributed by atoms with Gasteiger partial charge in [0.25, 0.3) is 0 Å². The van der Waals surface area contributed by atoms with Crippen molar-refractivity contribution in [3.63, 3.8) is 0 Å². The Kier molecular flexibility index (Phi) is 1.89. The van der Waals surface area contributed by atoms with Crippen molar-refractivity contribution in [1.82, 2.24) is 15.2 Å². The van der Waals surface area contributed by atoms with Gasteiger partial charge in [-0.3, -0.25) is 5.10 Å². The van der Waals surface area contributed by atoms with Crippen LogP contribution in [-0.4, -0.2) is 15.2 Å². The van der Waals surface area contributed by atoms with Gasteiger partial charge < -0.3 is 4.42 Å². The summed E-state index contributed by atoms with van der Waals surface area (Å²) in [5.41, 5.74) is 0.883. The second-order valence-electron chi connectivity index (χ2n) is 3.00. The lowest BCUT2D eigenvalue weighted by molar-refractivity contribution is 0.568. The molecule has 0 bridgehead atoms. The van der Waals surface area contributed by atoms with Gasteiger partial charge in [0.2, 0.25) is 0 Å². The van der Waals surface area contributed by atoms with Crippen molar-refractivity contribution in [2.45, 2.75) is 0 Å². The van der Waals surface area contributed by atoms with Crippen LogP contribution in [0, 0.1) is 0 Å². The Morgan fingerprint density at radius 1 is 1.33 bits per heavy atom. The molecule has 5 heteroatoms. The van der Waals surface area contributed by atoms with Gasteiger partial charge in [-0.1, -0.05) is 6.07 Å². The number of aromatic nitrogens is 3. The predicted molar refractivity (Wildman–Crippen MR) is 57.4 cm³/mol. The van der Waals surface area contributed by atoms with Crippen molar-refractivity contribution in [1.29, 1.82) is 0 Å². The number of H-pyrrole nitrogens is 1. The number of rotatable bonds is 2. The molecule has 3 heterocycles. The maximum Gasteiger partial charge on any atom is 0.184 e. The van der Waals surface area contributed by atoms with Crippen LogP contribution in [0.4, 0.5) is 0 Å². The third kappa shape index (κ3) is 1.46. The van der Waals surface area contributed by atoms with Crippen molar-refractivity contribution in [2.75, 3.05) is 0 Å². The van der Waals surface area contributed by atoms with Gasteiger partial charge in [0.15, 0.2) is 11.6 Å². The fraction of sp³-hybridized carbons (Fsp3) is 0. The summed E-state index contributed by atoms with van der Waals surface area (Å²) in [5, 5.41) is 9.04. The zero-order valence-corrected chi connectivity index (χ0v) is 8.49. The summed E-state index contributed by atoms with van der Waals surface area (Å²) < 4.78 is 4.98. The standard InChI is InChI=1S/C10H7N3OS/c1-2-8(15-5-1)10-11-9(12-13-10)7-3-4-14-6-7/h1-6H,(H,11,12,13). The molecule has 3 aromatic rings. The summed E-state index contributed by atoms with van der Waals surface area (Å²) in [6.07, 6.45) is 3.23. The molecule has 0 radical (unpaired) electrons. The number of nitrogens with zero attached hydrogens (tertiary/aromatic N) is 2. The van der Waals surface area contributed by atoms with E-state index in [9.17, 15) is 0 Å². The Labute approximate surface area is 89.6 Å². The average molecular weight is 217 g/mol. The van der Waals surface area contributed by atoms with Crippen LogP contribution in [0.15, 0.2) is 40.5 Å². The Balaban J connectivity index is 2.02. The van der Waals surface area contributed by atoms with Crippen molar-refractivity contribution in [3.8, 4) is 22.1 Å². The Bertz CT molecular complexity index is 490. The van der Waals surface area contributed by atoms with Crippen LogP contribution < -0.4 is 0 Å². The normalized spacial score (nSPS) is 10.7. The molecule has 1 N–H and O–H groups in total. The first-order valence-corrected chi connectivity index (χ1v) is 5.30. The molecule has 3 rings (SSSR count). The topological polar surface area (TPSA) is 54.7 Å². The maximum atomic E-state index is 4.98. The molecule has 0 saturated heterocycles. The molecule has 0 aromatic carbocycles. The van der Waals surface area contributed by atoms with Gasteiger partial charge in [-0.25, -0.2) is 4.98 Å². The third-order valence-electron chi connectivity index (χ3n) is 2.02. The molecule has 3 aromatic heterocycles. The largest absolute Gasteiger partial charge is 0.472 e. The fourth-order valence-corrected chi connectivity index (χ4v) is 1.97. The summed E-state index contributed by atoms with van der Waals surface area (Å²) in [6, 6.07) is 5.83. The maximum absolute atomic E-state index is 4.98. The summed E-state index contributed by atoms with van der Waals surface area (Å²) in [5.74, 6) is 1.45. The van der Waals surface area contributed by atoms with Crippen LogP contribution in [0.25, 0.3) is 22.1 Å². The van der Waals surface area contributed by atoms with E-state index in [-0.39, 0.29) is 0 Å². The molecular weight excluding hydrogens is 210 g/mol. The van der Waals surface area contributed by atoms with E-state index in [1.165, 1.54) is 0 Å². The highest BCUT2D eigenvalue weighted by Crippen LogP contribution is 2.23. The Hall–Kier alpha value is -1.88. The second-order valence-corrected chi connectivity index (χ2v) is 3.94. The van der Waals surface area contributed by atoms with Gasteiger partial charge in [0.05, 0.1) is 16.7 Å². The number of aromatic amines is 1. The highest BCUT2D eigenvalue weighted by Gasteiger charge is 2.08. The molecule has 0 saturated carbocycles. The van der Waals surface area contributed by atoms with Gasteiger partial charge >= 0.3 is 0 Å². The fourth-order valence-electron chi connectivity index (χ4n) is 1.31. The lowest BCUT2D eigenvalue weighted by atomic mass is 10.3. The van der Waals surface area contributed by atoms with E-state index in [0.717, 1.165) is 16.3 Å². The Morgan fingerprint density at radius 3 is 3.07 bits per heavy atom. The van der Waals surface area contributed by atoms with Crippen LogP contribution in [-0.2, 0) is 0 Å². The van der Waals surface area contributed by atoms with Gasteiger partial charge in [-0.2, -0.15) is 5.10 Å². The van der Waals surface area contributed by atoms with Crippen molar-refractivity contribution >= 4 is 11.3 Å². The van der Waals surface area contributed by atoms with Crippen molar-refractivity contribution in [3.05, 3.63) is 36.1 Å². The quantitative estimate of drug-likeness (QED) is 0.718. The number of nitrogens with one attached hydrogen (secondary N) is 1. The smallest absolute Gasteiger partial charge is 0.184 e. The Morgan fingerprint density at radius 2 is 2.33 bits per heavy atom. The van der Waals surface area contributed by atoms with E-state index in [4.69, 9.17) is 4.42 Å². The molecule has 0 aliphatic heterocycles. The minimum absolute atomic E-state index is 0.659. The van der Waals surface area contributed by atoms with Gasteiger partial charge in [0.1, 0.15) is 6.26 Å². The first-order valence-electron chi connectivity index (χ1n) is 4.42. The molecule has 15 heavy (non-hydrogen) atoms. The number of hydrogen-bond donors (Lipinski definition) is 1. The average Bonchev–Trinajstić information content (AvgIpc) is 3.02. The highest BCUT2D eigenvalue weighted by molar-refractivity contribution is 7.13. The van der Waals surface area contributed by atoms with E-state index < -0.39 is 0 Å². The third-order valence-corrected chi connectivity index (χ3v) is 2.90. The van der Waals surface area contributed by atoms with Gasteiger partial charge in [-0.05, 0) is 17.5 Å². The van der Waals surface area contributed by atoms with E-state index >= 15 is 0 Å². The molecule has 0 aliphatic rings. The summed E-state index contributed by atoms with van der Waals surface area (Å²) in [7, 11) is 0. The minimum Gasteiger partial charge on any atom is -0.472 e. The molecule has 0 spiro atoms. The first kappa shape index (κ1) is 8.43. The highest BCUT2D eigenvalue weighted by atomic mass is 32.1. The van der Waals surface area contributed by atoms with Gasteiger partial charge in [-0.15, -0.1) is 11.3 Å². The molecule has 0 unspecified atom stereocenters. The van der Waals surface area contributed by atoms with Crippen molar-refractivity contribution < 1.29 is 4.42 Å². The first-order chi connectivity index (χ1) is 7.43. The molecule has 0 amide bonds. The molecule has 0 atom stereocenters. The lowest BCUT2D eigenvalue weighted by Crippen LogP contribution is -1.75. The number of thiophene rings is 1. The lowest BCUT2D eigenvalue weighted by Gasteiger charge is -1.85. The summed E-state index contributed by atoms with van der Waals surface area (Å²) >= 11 is 1.63. The molecule has 4 nitrogen and oxygen atoms in total. The zero-order valence-electron chi connectivity index (χ0n) is 7.68. The minimum atomic E-state index is 0.659. The molecule has 0 aliphatic carbocycles. The van der Waals surface area contributed by atoms with Crippen LogP contribution in [0.5, 0.6) is 0 Å². The molecule has 0 fully saturated rings. The monoisotopic (exact) mass is 217 g/mol. The number of furan rings is 1. The van der Waals surface area contributed by atoms with E-state index in [0.29, 0.717) is 5.82 Å². The SMILES string of the molecule is c1csc(-c2nc(-c3ccoc3)n[nH]2)c1. The van der Waals surface area contributed by atoms with E-state index in [1.54, 1.807) is 23.9 Å². The molecular formula is C10H7N3OS. The van der Waals surface area contributed by atoms with Gasteiger partial charge in [0, 0.05) is 0 Å². The van der Waals surface area contributed by atoms with E-state index in [2.05, 4.69) is 15.2 Å². The zero-order chi connectivity index (χ0) is 10.1. The number of hydrogen-bond acceptors (Lipinski definition) is 4. The van der Waals surface area contributed by atoms with Crippen LogP contribution in [0.3, 0.4) is 0 Å². The summed E-state index contributed by atoms with van der Waals surface area (Å²) in [6.45, 7) is 0. The van der Waals surface area contributed by atoms with Crippen LogP contribution >= 0.6 is 11.3 Å².